The molecule has 5 nitrogen and oxygen atoms in total. The van der Waals surface area contributed by atoms with Gasteiger partial charge in [0.25, 0.3) is 0 Å². The summed E-state index contributed by atoms with van der Waals surface area (Å²) in [5.41, 5.74) is 0. The van der Waals surface area contributed by atoms with E-state index in [2.05, 4.69) is 47.3 Å². The van der Waals surface area contributed by atoms with Gasteiger partial charge in [0.1, 0.15) is 0 Å². The number of piperazine rings is 1. The highest BCUT2D eigenvalue weighted by molar-refractivity contribution is 5.80. The second-order valence-corrected chi connectivity index (χ2v) is 9.03. The zero-order valence-electron chi connectivity index (χ0n) is 16.8. The van der Waals surface area contributed by atoms with E-state index in [1.54, 1.807) is 0 Å². The lowest BCUT2D eigenvalue weighted by Gasteiger charge is -2.46. The highest BCUT2D eigenvalue weighted by Crippen LogP contribution is 2.23. The maximum absolute atomic E-state index is 12.7. The number of hydrogen-bond acceptors (Lipinski definition) is 4. The van der Waals surface area contributed by atoms with Crippen LogP contribution in [0.15, 0.2) is 0 Å². The van der Waals surface area contributed by atoms with Gasteiger partial charge in [-0.1, -0.05) is 13.8 Å². The molecule has 144 valence electrons. The molecule has 0 aromatic heterocycles. The minimum Gasteiger partial charge on any atom is -0.340 e. The molecule has 0 N–H and O–H groups in total. The summed E-state index contributed by atoms with van der Waals surface area (Å²) in [4.78, 5) is 22.4. The van der Waals surface area contributed by atoms with E-state index in [-0.39, 0.29) is 5.92 Å². The fourth-order valence-electron chi connectivity index (χ4n) is 4.64. The van der Waals surface area contributed by atoms with Crippen molar-refractivity contribution in [3.8, 4) is 0 Å². The van der Waals surface area contributed by atoms with Crippen LogP contribution in [0.4, 0.5) is 0 Å². The number of likely N-dealkylation sites (tertiary alicyclic amines) is 2. The van der Waals surface area contributed by atoms with Crippen molar-refractivity contribution < 1.29 is 4.79 Å². The minimum absolute atomic E-state index is 0.258. The van der Waals surface area contributed by atoms with Crippen molar-refractivity contribution in [3.05, 3.63) is 0 Å². The Hall–Kier alpha value is -0.650. The monoisotopic (exact) mass is 350 g/mol. The topological polar surface area (TPSA) is 30.0 Å². The molecule has 0 aliphatic carbocycles. The van der Waals surface area contributed by atoms with Crippen LogP contribution in [-0.2, 0) is 4.79 Å². The van der Waals surface area contributed by atoms with E-state index in [9.17, 15) is 4.79 Å². The Labute approximate surface area is 154 Å². The third-order valence-corrected chi connectivity index (χ3v) is 6.31. The van der Waals surface area contributed by atoms with Crippen molar-refractivity contribution in [2.24, 2.45) is 11.8 Å². The van der Waals surface area contributed by atoms with Gasteiger partial charge in [0.15, 0.2) is 0 Å². The molecule has 3 rings (SSSR count). The molecule has 0 saturated carbocycles. The van der Waals surface area contributed by atoms with Gasteiger partial charge in [-0.15, -0.1) is 0 Å². The van der Waals surface area contributed by atoms with Crippen molar-refractivity contribution in [1.82, 2.24) is 19.6 Å². The van der Waals surface area contributed by atoms with Crippen LogP contribution >= 0.6 is 0 Å². The molecule has 0 aromatic rings. The molecule has 0 aromatic carbocycles. The largest absolute Gasteiger partial charge is 0.340 e. The molecule has 0 atom stereocenters. The van der Waals surface area contributed by atoms with E-state index < -0.39 is 0 Å². The van der Waals surface area contributed by atoms with Crippen molar-refractivity contribution in [3.63, 3.8) is 0 Å². The molecule has 3 heterocycles. The molecule has 0 spiro atoms. The Morgan fingerprint density at radius 1 is 0.920 bits per heavy atom. The quantitative estimate of drug-likeness (QED) is 0.753. The highest BCUT2D eigenvalue weighted by Gasteiger charge is 2.37. The Kier molecular flexibility index (Phi) is 6.39. The predicted octanol–water partition coefficient (Wildman–Crippen LogP) is 1.59. The van der Waals surface area contributed by atoms with Gasteiger partial charge in [0, 0.05) is 57.9 Å². The van der Waals surface area contributed by atoms with Crippen LogP contribution in [-0.4, -0.2) is 96.5 Å². The first-order valence-corrected chi connectivity index (χ1v) is 10.4. The lowest BCUT2D eigenvalue weighted by atomic mass is 9.96. The number of piperidine rings is 1. The standard InChI is InChI=1S/C20H38N4O/c1-16(2)13-21-7-5-19(6-8-21)22-9-11-23(12-10-22)20(25)18-14-24(15-18)17(3)4/h16-19H,5-15H2,1-4H3. The Morgan fingerprint density at radius 2 is 1.52 bits per heavy atom. The Bertz CT molecular complexity index is 431. The van der Waals surface area contributed by atoms with Crippen LogP contribution in [0.2, 0.25) is 0 Å². The van der Waals surface area contributed by atoms with E-state index in [1.807, 2.05) is 0 Å². The molecule has 3 saturated heterocycles. The number of amides is 1. The zero-order chi connectivity index (χ0) is 18.0. The molecule has 0 radical (unpaired) electrons. The molecule has 0 unspecified atom stereocenters. The van der Waals surface area contributed by atoms with E-state index in [0.717, 1.165) is 51.2 Å². The smallest absolute Gasteiger partial charge is 0.228 e. The lowest BCUT2D eigenvalue weighted by molar-refractivity contribution is -0.144. The van der Waals surface area contributed by atoms with E-state index in [4.69, 9.17) is 0 Å². The van der Waals surface area contributed by atoms with E-state index >= 15 is 0 Å². The number of hydrogen-bond donors (Lipinski definition) is 0. The van der Waals surface area contributed by atoms with Gasteiger partial charge in [-0.05, 0) is 45.7 Å². The summed E-state index contributed by atoms with van der Waals surface area (Å²) in [6.45, 7) is 18.7. The summed E-state index contributed by atoms with van der Waals surface area (Å²) in [5.74, 6) is 1.43. The van der Waals surface area contributed by atoms with Crippen LogP contribution in [0, 0.1) is 11.8 Å². The predicted molar refractivity (Wildman–Crippen MR) is 103 cm³/mol. The molecule has 3 fully saturated rings. The molecule has 3 aliphatic heterocycles. The summed E-state index contributed by atoms with van der Waals surface area (Å²) in [6, 6.07) is 1.31. The van der Waals surface area contributed by atoms with E-state index in [1.165, 1.54) is 32.5 Å². The highest BCUT2D eigenvalue weighted by atomic mass is 16.2. The van der Waals surface area contributed by atoms with Gasteiger partial charge < -0.3 is 9.80 Å². The van der Waals surface area contributed by atoms with Gasteiger partial charge in [-0.25, -0.2) is 0 Å². The SMILES string of the molecule is CC(C)CN1CCC(N2CCN(C(=O)C3CN(C(C)C)C3)CC2)CC1. The molecule has 1 amide bonds. The molecule has 25 heavy (non-hydrogen) atoms. The minimum atomic E-state index is 0.258. The van der Waals surface area contributed by atoms with Crippen molar-refractivity contribution in [2.75, 3.05) is 58.9 Å². The molecule has 3 aliphatic rings. The third-order valence-electron chi connectivity index (χ3n) is 6.31. The van der Waals surface area contributed by atoms with Crippen LogP contribution in [0.5, 0.6) is 0 Å². The molecular formula is C20H38N4O. The number of carbonyl (C=O) groups is 1. The first kappa shape index (κ1) is 19.1. The number of carbonyl (C=O) groups excluding carboxylic acids is 1. The van der Waals surface area contributed by atoms with Crippen molar-refractivity contribution >= 4 is 5.91 Å². The average molecular weight is 351 g/mol. The third kappa shape index (κ3) is 4.75. The zero-order valence-corrected chi connectivity index (χ0v) is 16.8. The maximum Gasteiger partial charge on any atom is 0.228 e. The van der Waals surface area contributed by atoms with Crippen LogP contribution in [0.3, 0.4) is 0 Å². The summed E-state index contributed by atoms with van der Waals surface area (Å²) >= 11 is 0. The average Bonchev–Trinajstić information content (AvgIpc) is 2.53. The van der Waals surface area contributed by atoms with Gasteiger partial charge in [0.05, 0.1) is 5.92 Å². The lowest BCUT2D eigenvalue weighted by Crippen LogP contribution is -2.60. The first-order valence-electron chi connectivity index (χ1n) is 10.4. The molecule has 0 bridgehead atoms. The van der Waals surface area contributed by atoms with Gasteiger partial charge in [-0.2, -0.15) is 0 Å². The van der Waals surface area contributed by atoms with Gasteiger partial charge >= 0.3 is 0 Å². The summed E-state index contributed by atoms with van der Waals surface area (Å²) in [6.07, 6.45) is 2.60. The van der Waals surface area contributed by atoms with Crippen LogP contribution < -0.4 is 0 Å². The van der Waals surface area contributed by atoms with Crippen LogP contribution in [0.1, 0.15) is 40.5 Å². The summed E-state index contributed by atoms with van der Waals surface area (Å²) in [5, 5.41) is 0. The van der Waals surface area contributed by atoms with Crippen molar-refractivity contribution in [1.29, 1.82) is 0 Å². The van der Waals surface area contributed by atoms with Gasteiger partial charge in [0.2, 0.25) is 5.91 Å². The fraction of sp³-hybridized carbons (Fsp3) is 0.950. The number of rotatable bonds is 5. The summed E-state index contributed by atoms with van der Waals surface area (Å²) in [7, 11) is 0. The first-order chi connectivity index (χ1) is 11.9. The van der Waals surface area contributed by atoms with Gasteiger partial charge in [-0.3, -0.25) is 14.6 Å². The fourth-order valence-corrected chi connectivity index (χ4v) is 4.64. The Morgan fingerprint density at radius 3 is 2.04 bits per heavy atom. The second-order valence-electron chi connectivity index (χ2n) is 9.03. The second kappa shape index (κ2) is 8.36. The van der Waals surface area contributed by atoms with Crippen LogP contribution in [0.25, 0.3) is 0 Å². The van der Waals surface area contributed by atoms with E-state index in [0.29, 0.717) is 11.9 Å². The maximum atomic E-state index is 12.7. The normalized spacial score (nSPS) is 25.8. The molecule has 5 heteroatoms. The molecular weight excluding hydrogens is 312 g/mol. The Balaban J connectivity index is 1.37. The number of nitrogens with zero attached hydrogens (tertiary/aromatic N) is 4. The van der Waals surface area contributed by atoms with Crippen molar-refractivity contribution in [2.45, 2.75) is 52.6 Å². The summed E-state index contributed by atoms with van der Waals surface area (Å²) < 4.78 is 0.